The second-order valence-electron chi connectivity index (χ2n) is 4.04. The molecule has 1 unspecified atom stereocenters. The third kappa shape index (κ3) is 2.01. The highest BCUT2D eigenvalue weighted by molar-refractivity contribution is 5.93. The lowest BCUT2D eigenvalue weighted by atomic mass is 10.0. The summed E-state index contributed by atoms with van der Waals surface area (Å²) in [6, 6.07) is 1.44. The van der Waals surface area contributed by atoms with Crippen molar-refractivity contribution >= 4 is 11.7 Å². The maximum Gasteiger partial charge on any atom is 0.272 e. The molecule has 6 nitrogen and oxygen atoms in total. The van der Waals surface area contributed by atoms with Crippen molar-refractivity contribution in [2.75, 3.05) is 18.9 Å². The highest BCUT2D eigenvalue weighted by Gasteiger charge is 2.27. The number of piperidine rings is 1. The van der Waals surface area contributed by atoms with Crippen molar-refractivity contribution < 1.29 is 9.90 Å². The van der Waals surface area contributed by atoms with Gasteiger partial charge in [-0.15, -0.1) is 0 Å². The number of hydrogen-bond donors (Lipinski definition) is 3. The van der Waals surface area contributed by atoms with Crippen LogP contribution in [0.25, 0.3) is 0 Å². The molecule has 1 aliphatic heterocycles. The molecule has 0 saturated carbocycles. The normalized spacial score (nSPS) is 21.1. The summed E-state index contributed by atoms with van der Waals surface area (Å²) in [6.07, 6.45) is 2.89. The van der Waals surface area contributed by atoms with Crippen LogP contribution in [0.4, 0.5) is 5.82 Å². The van der Waals surface area contributed by atoms with E-state index >= 15 is 0 Å². The molecule has 1 aromatic rings. The fourth-order valence-corrected chi connectivity index (χ4v) is 2.06. The number of aliphatic hydroxyl groups excluding tert-OH is 1. The number of aliphatic hydroxyl groups is 1. The summed E-state index contributed by atoms with van der Waals surface area (Å²) in [5.41, 5.74) is 5.84. The summed E-state index contributed by atoms with van der Waals surface area (Å²) in [7, 11) is 0. The summed E-state index contributed by atoms with van der Waals surface area (Å²) in [5, 5.41) is 15.5. The molecule has 2 heterocycles. The number of nitrogens with one attached hydrogen (secondary N) is 1. The van der Waals surface area contributed by atoms with Gasteiger partial charge in [-0.2, -0.15) is 5.10 Å². The predicted molar refractivity (Wildman–Crippen MR) is 58.8 cm³/mol. The summed E-state index contributed by atoms with van der Waals surface area (Å²) >= 11 is 0. The quantitative estimate of drug-likeness (QED) is 0.657. The number of hydrogen-bond acceptors (Lipinski definition) is 4. The van der Waals surface area contributed by atoms with Crippen molar-refractivity contribution in [3.63, 3.8) is 0 Å². The van der Waals surface area contributed by atoms with E-state index in [1.54, 1.807) is 4.90 Å². The molecule has 0 spiro atoms. The number of aromatic nitrogens is 2. The molecule has 1 atom stereocenters. The molecule has 0 aromatic carbocycles. The fraction of sp³-hybridized carbons (Fsp3) is 0.600. The zero-order valence-electron chi connectivity index (χ0n) is 9.02. The molecule has 6 heteroatoms. The first-order valence-electron chi connectivity index (χ1n) is 5.45. The van der Waals surface area contributed by atoms with E-state index in [4.69, 9.17) is 5.73 Å². The lowest BCUT2D eigenvalue weighted by molar-refractivity contribution is 0.0497. The molecule has 88 valence electrons. The third-order valence-electron chi connectivity index (χ3n) is 2.93. The molecule has 1 aromatic heterocycles. The Morgan fingerprint density at radius 2 is 2.50 bits per heavy atom. The monoisotopic (exact) mass is 224 g/mol. The largest absolute Gasteiger partial charge is 0.394 e. The van der Waals surface area contributed by atoms with Gasteiger partial charge in [0, 0.05) is 12.6 Å². The topological polar surface area (TPSA) is 95.2 Å². The minimum atomic E-state index is -0.136. The van der Waals surface area contributed by atoms with Crippen molar-refractivity contribution in [3.05, 3.63) is 11.8 Å². The number of carbonyl (C=O) groups is 1. The number of H-pyrrole nitrogens is 1. The Morgan fingerprint density at radius 3 is 3.12 bits per heavy atom. The molecule has 0 aliphatic carbocycles. The Hall–Kier alpha value is -1.56. The second-order valence-corrected chi connectivity index (χ2v) is 4.04. The Kier molecular flexibility index (Phi) is 3.09. The van der Waals surface area contributed by atoms with E-state index in [2.05, 4.69) is 10.2 Å². The summed E-state index contributed by atoms with van der Waals surface area (Å²) < 4.78 is 0. The minimum Gasteiger partial charge on any atom is -0.394 e. The lowest BCUT2D eigenvalue weighted by Gasteiger charge is -2.34. The van der Waals surface area contributed by atoms with Gasteiger partial charge in [0.15, 0.2) is 0 Å². The van der Waals surface area contributed by atoms with E-state index in [1.165, 1.54) is 6.07 Å². The van der Waals surface area contributed by atoms with Crippen LogP contribution in [-0.4, -0.2) is 45.3 Å². The van der Waals surface area contributed by atoms with E-state index in [9.17, 15) is 9.90 Å². The van der Waals surface area contributed by atoms with Crippen LogP contribution >= 0.6 is 0 Å². The van der Waals surface area contributed by atoms with Gasteiger partial charge in [-0.3, -0.25) is 9.89 Å². The minimum absolute atomic E-state index is 0.00929. The van der Waals surface area contributed by atoms with Gasteiger partial charge in [-0.25, -0.2) is 0 Å². The number of amides is 1. The molecule has 1 aliphatic rings. The van der Waals surface area contributed by atoms with Crippen molar-refractivity contribution in [1.82, 2.24) is 15.1 Å². The van der Waals surface area contributed by atoms with Gasteiger partial charge in [-0.1, -0.05) is 0 Å². The maximum absolute atomic E-state index is 12.1. The average Bonchev–Trinajstić information content (AvgIpc) is 2.75. The van der Waals surface area contributed by atoms with Crippen LogP contribution < -0.4 is 5.73 Å². The number of rotatable bonds is 2. The van der Waals surface area contributed by atoms with E-state index in [0.717, 1.165) is 19.3 Å². The van der Waals surface area contributed by atoms with Gasteiger partial charge < -0.3 is 15.7 Å². The summed E-state index contributed by atoms with van der Waals surface area (Å²) in [4.78, 5) is 13.8. The van der Waals surface area contributed by atoms with E-state index < -0.39 is 0 Å². The zero-order chi connectivity index (χ0) is 11.5. The van der Waals surface area contributed by atoms with Crippen LogP contribution in [0.2, 0.25) is 0 Å². The predicted octanol–water partition coefficient (Wildman–Crippen LogP) is -0.0211. The molecule has 1 amide bonds. The molecular formula is C10H16N4O2. The lowest BCUT2D eigenvalue weighted by Crippen LogP contribution is -2.45. The number of nitrogens with zero attached hydrogens (tertiary/aromatic N) is 2. The standard InChI is InChI=1S/C10H16N4O2/c11-9-5-8(12-13-9)10(16)14-4-2-1-3-7(14)6-15/h5,7,15H,1-4,6H2,(H3,11,12,13). The number of nitrogens with two attached hydrogens (primary N) is 1. The fourth-order valence-electron chi connectivity index (χ4n) is 2.06. The first kappa shape index (κ1) is 10.9. The van der Waals surface area contributed by atoms with Crippen LogP contribution in [0, 0.1) is 0 Å². The van der Waals surface area contributed by atoms with Crippen LogP contribution in [0.15, 0.2) is 6.07 Å². The number of anilines is 1. The van der Waals surface area contributed by atoms with Gasteiger partial charge >= 0.3 is 0 Å². The van der Waals surface area contributed by atoms with Crippen molar-refractivity contribution in [3.8, 4) is 0 Å². The maximum atomic E-state index is 12.1. The molecule has 1 fully saturated rings. The van der Waals surface area contributed by atoms with Crippen LogP contribution in [0.3, 0.4) is 0 Å². The number of likely N-dealkylation sites (tertiary alicyclic amines) is 1. The first-order valence-corrected chi connectivity index (χ1v) is 5.45. The Morgan fingerprint density at radius 1 is 1.69 bits per heavy atom. The molecule has 16 heavy (non-hydrogen) atoms. The van der Waals surface area contributed by atoms with Gasteiger partial charge in [0.1, 0.15) is 11.5 Å². The Balaban J connectivity index is 2.13. The van der Waals surface area contributed by atoms with Crippen molar-refractivity contribution in [2.24, 2.45) is 0 Å². The summed E-state index contributed by atoms with van der Waals surface area (Å²) in [5.74, 6) is 0.170. The van der Waals surface area contributed by atoms with Crippen LogP contribution in [0.5, 0.6) is 0 Å². The number of aromatic amines is 1. The van der Waals surface area contributed by atoms with E-state index in [0.29, 0.717) is 18.1 Å². The third-order valence-corrected chi connectivity index (χ3v) is 2.93. The highest BCUT2D eigenvalue weighted by atomic mass is 16.3. The molecule has 2 rings (SSSR count). The molecule has 4 N–H and O–H groups in total. The molecule has 1 saturated heterocycles. The van der Waals surface area contributed by atoms with Gasteiger partial charge in [0.2, 0.25) is 0 Å². The van der Waals surface area contributed by atoms with Crippen molar-refractivity contribution in [1.29, 1.82) is 0 Å². The number of nitrogen functional groups attached to an aromatic ring is 1. The van der Waals surface area contributed by atoms with Crippen LogP contribution in [0.1, 0.15) is 29.8 Å². The zero-order valence-corrected chi connectivity index (χ0v) is 9.02. The Bertz CT molecular complexity index is 377. The van der Waals surface area contributed by atoms with Crippen molar-refractivity contribution in [2.45, 2.75) is 25.3 Å². The smallest absolute Gasteiger partial charge is 0.272 e. The average molecular weight is 224 g/mol. The first-order chi connectivity index (χ1) is 7.72. The van der Waals surface area contributed by atoms with Crippen LogP contribution in [-0.2, 0) is 0 Å². The molecular weight excluding hydrogens is 208 g/mol. The van der Waals surface area contributed by atoms with E-state index in [-0.39, 0.29) is 18.6 Å². The SMILES string of the molecule is Nc1cc(C(=O)N2CCCCC2CO)[nH]n1. The van der Waals surface area contributed by atoms with Gasteiger partial charge in [0.05, 0.1) is 12.6 Å². The second kappa shape index (κ2) is 4.52. The molecule has 0 bridgehead atoms. The van der Waals surface area contributed by atoms with E-state index in [1.807, 2.05) is 0 Å². The highest BCUT2D eigenvalue weighted by Crippen LogP contribution is 2.19. The Labute approximate surface area is 93.4 Å². The summed E-state index contributed by atoms with van der Waals surface area (Å²) in [6.45, 7) is 0.693. The van der Waals surface area contributed by atoms with Gasteiger partial charge in [0.25, 0.3) is 5.91 Å². The molecule has 0 radical (unpaired) electrons. The van der Waals surface area contributed by atoms with Gasteiger partial charge in [-0.05, 0) is 19.3 Å². The number of carbonyl (C=O) groups excluding carboxylic acids is 1.